The van der Waals surface area contributed by atoms with Crippen molar-refractivity contribution in [2.75, 3.05) is 7.11 Å². The average molecular weight is 496 g/mol. The quantitative estimate of drug-likeness (QED) is 0.365. The number of ether oxygens (including phenoxy) is 2. The lowest BCUT2D eigenvalue weighted by atomic mass is 9.99. The fraction of sp³-hybridized carbons (Fsp3) is 0.308. The normalized spacial score (nSPS) is 12.6. The van der Waals surface area contributed by atoms with Gasteiger partial charge in [-0.05, 0) is 29.2 Å². The Morgan fingerprint density at radius 1 is 1.03 bits per heavy atom. The fourth-order valence-electron chi connectivity index (χ4n) is 3.64. The summed E-state index contributed by atoms with van der Waals surface area (Å²) < 4.78 is 15.6. The third-order valence-electron chi connectivity index (χ3n) is 5.56. The van der Waals surface area contributed by atoms with Gasteiger partial charge in [0, 0.05) is 23.9 Å². The zero-order valence-corrected chi connectivity index (χ0v) is 20.3. The van der Waals surface area contributed by atoms with Crippen molar-refractivity contribution >= 4 is 28.9 Å². The zero-order chi connectivity index (χ0) is 26.2. The van der Waals surface area contributed by atoms with E-state index in [1.54, 1.807) is 44.2 Å². The molecule has 10 nitrogen and oxygen atoms in total. The van der Waals surface area contributed by atoms with Crippen molar-refractivity contribution in [3.8, 4) is 5.75 Å². The standard InChI is InChI=1S/C26H29N3O7/c1-15(2)23(29-26(33)35-14-16-7-5-4-6-8-16)25(32)28-20(24(27)31)11-17-12-22(30)36-21-13-18(34-3)9-10-19(17)21/h4-10,12-13,15,20,23H,11,14H2,1-3H3,(H2,27,31)(H,28,32)(H,29,33)/t20-,23-/m1/s1. The highest BCUT2D eigenvalue weighted by Gasteiger charge is 2.29. The number of carbonyl (C=O) groups excluding carboxylic acids is 3. The smallest absolute Gasteiger partial charge is 0.408 e. The molecule has 4 N–H and O–H groups in total. The number of benzene rings is 2. The van der Waals surface area contributed by atoms with Crippen LogP contribution >= 0.6 is 0 Å². The first kappa shape index (κ1) is 26.3. The van der Waals surface area contributed by atoms with Crippen LogP contribution < -0.4 is 26.7 Å². The molecule has 0 radical (unpaired) electrons. The third kappa shape index (κ3) is 6.84. The molecule has 0 aliphatic heterocycles. The van der Waals surface area contributed by atoms with Gasteiger partial charge in [-0.25, -0.2) is 9.59 Å². The first-order valence-electron chi connectivity index (χ1n) is 11.4. The number of rotatable bonds is 10. The molecule has 0 bridgehead atoms. The highest BCUT2D eigenvalue weighted by atomic mass is 16.5. The van der Waals surface area contributed by atoms with Crippen molar-refractivity contribution in [2.45, 2.75) is 39.0 Å². The molecule has 0 aliphatic carbocycles. The van der Waals surface area contributed by atoms with Gasteiger partial charge in [0.05, 0.1) is 7.11 Å². The van der Waals surface area contributed by atoms with E-state index >= 15 is 0 Å². The van der Waals surface area contributed by atoms with E-state index < -0.39 is 35.6 Å². The van der Waals surface area contributed by atoms with Crippen molar-refractivity contribution in [1.29, 1.82) is 0 Å². The number of carbonyl (C=O) groups is 3. The Labute approximate surface area is 207 Å². The van der Waals surface area contributed by atoms with Crippen LogP contribution in [0.1, 0.15) is 25.0 Å². The summed E-state index contributed by atoms with van der Waals surface area (Å²) in [6.45, 7) is 3.52. The van der Waals surface area contributed by atoms with E-state index in [0.717, 1.165) is 5.56 Å². The maximum atomic E-state index is 13.0. The Morgan fingerprint density at radius 2 is 1.75 bits per heavy atom. The predicted octanol–water partition coefficient (Wildman–Crippen LogP) is 2.27. The molecule has 3 amide bonds. The summed E-state index contributed by atoms with van der Waals surface area (Å²) in [6.07, 6.45) is -0.831. The maximum absolute atomic E-state index is 13.0. The summed E-state index contributed by atoms with van der Waals surface area (Å²) in [4.78, 5) is 49.6. The van der Waals surface area contributed by atoms with Crippen molar-refractivity contribution in [2.24, 2.45) is 11.7 Å². The molecule has 0 fully saturated rings. The topological polar surface area (TPSA) is 150 Å². The average Bonchev–Trinajstić information content (AvgIpc) is 2.85. The molecule has 0 saturated heterocycles. The molecule has 190 valence electrons. The molecule has 0 saturated carbocycles. The minimum atomic E-state index is -1.15. The number of primary amides is 1. The molecular weight excluding hydrogens is 466 g/mol. The van der Waals surface area contributed by atoms with E-state index in [4.69, 9.17) is 19.6 Å². The molecule has 36 heavy (non-hydrogen) atoms. The summed E-state index contributed by atoms with van der Waals surface area (Å²) >= 11 is 0. The molecule has 2 atom stereocenters. The van der Waals surface area contributed by atoms with E-state index in [9.17, 15) is 19.2 Å². The lowest BCUT2D eigenvalue weighted by Gasteiger charge is -2.24. The Bertz CT molecular complexity index is 1290. The number of hydrogen-bond donors (Lipinski definition) is 3. The van der Waals surface area contributed by atoms with Crippen LogP contribution in [0.5, 0.6) is 5.75 Å². The number of fused-ring (bicyclic) bond motifs is 1. The van der Waals surface area contributed by atoms with Gasteiger partial charge in [-0.3, -0.25) is 9.59 Å². The van der Waals surface area contributed by atoms with Crippen LogP contribution in [0.15, 0.2) is 63.8 Å². The molecule has 1 heterocycles. The summed E-state index contributed by atoms with van der Waals surface area (Å²) in [5.74, 6) is -1.24. The summed E-state index contributed by atoms with van der Waals surface area (Å²) in [5, 5.41) is 5.70. The van der Waals surface area contributed by atoms with Crippen LogP contribution in [0.2, 0.25) is 0 Å². The van der Waals surface area contributed by atoms with E-state index in [1.807, 2.05) is 18.2 Å². The van der Waals surface area contributed by atoms with Crippen LogP contribution in [0.4, 0.5) is 4.79 Å². The largest absolute Gasteiger partial charge is 0.497 e. The van der Waals surface area contributed by atoms with Crippen molar-refractivity contribution in [3.05, 3.63) is 76.1 Å². The Kier molecular flexibility index (Phi) is 8.66. The van der Waals surface area contributed by atoms with Gasteiger partial charge in [0.2, 0.25) is 11.8 Å². The van der Waals surface area contributed by atoms with Crippen LogP contribution in [0.3, 0.4) is 0 Å². The van der Waals surface area contributed by atoms with Gasteiger partial charge in [-0.2, -0.15) is 0 Å². The molecule has 3 rings (SSSR count). The SMILES string of the molecule is COc1ccc2c(C[C@@H](NC(=O)[C@H](NC(=O)OCc3ccccc3)C(C)C)C(N)=O)cc(=O)oc2c1. The first-order valence-corrected chi connectivity index (χ1v) is 11.4. The monoisotopic (exact) mass is 495 g/mol. The molecule has 1 aromatic heterocycles. The van der Waals surface area contributed by atoms with Crippen LogP contribution in [0, 0.1) is 5.92 Å². The minimum absolute atomic E-state index is 0.0392. The number of amides is 3. The summed E-state index contributed by atoms with van der Waals surface area (Å²) in [6, 6.07) is 13.1. The number of hydrogen-bond acceptors (Lipinski definition) is 7. The second-order valence-electron chi connectivity index (χ2n) is 8.55. The van der Waals surface area contributed by atoms with Gasteiger partial charge >= 0.3 is 11.7 Å². The van der Waals surface area contributed by atoms with Crippen LogP contribution in [-0.2, 0) is 27.4 Å². The molecule has 2 aromatic carbocycles. The van der Waals surface area contributed by atoms with Gasteiger partial charge in [0.1, 0.15) is 30.0 Å². The molecule has 0 unspecified atom stereocenters. The third-order valence-corrected chi connectivity index (χ3v) is 5.56. The van der Waals surface area contributed by atoms with Crippen molar-refractivity contribution in [3.63, 3.8) is 0 Å². The zero-order valence-electron chi connectivity index (χ0n) is 20.3. The number of nitrogens with one attached hydrogen (secondary N) is 2. The highest BCUT2D eigenvalue weighted by molar-refractivity contribution is 5.91. The summed E-state index contributed by atoms with van der Waals surface area (Å²) in [7, 11) is 1.48. The van der Waals surface area contributed by atoms with Crippen molar-refractivity contribution < 1.29 is 28.3 Å². The van der Waals surface area contributed by atoms with Gasteiger partial charge in [0.25, 0.3) is 0 Å². The second-order valence-corrected chi connectivity index (χ2v) is 8.55. The van der Waals surface area contributed by atoms with E-state index in [1.165, 1.54) is 13.2 Å². The minimum Gasteiger partial charge on any atom is -0.497 e. The molecule has 0 spiro atoms. The number of alkyl carbamates (subject to hydrolysis) is 1. The molecular formula is C26H29N3O7. The van der Waals surface area contributed by atoms with Gasteiger partial charge in [-0.15, -0.1) is 0 Å². The highest BCUT2D eigenvalue weighted by Crippen LogP contribution is 2.23. The maximum Gasteiger partial charge on any atom is 0.408 e. The fourth-order valence-corrected chi connectivity index (χ4v) is 3.64. The van der Waals surface area contributed by atoms with Gasteiger partial charge in [-0.1, -0.05) is 44.2 Å². The summed E-state index contributed by atoms with van der Waals surface area (Å²) in [5.41, 5.74) is 6.47. The molecule has 10 heteroatoms. The second kappa shape index (κ2) is 11.9. The predicted molar refractivity (Wildman–Crippen MR) is 132 cm³/mol. The lowest BCUT2D eigenvalue weighted by molar-refractivity contribution is -0.129. The van der Waals surface area contributed by atoms with Crippen molar-refractivity contribution in [1.82, 2.24) is 10.6 Å². The van der Waals surface area contributed by atoms with E-state index in [0.29, 0.717) is 16.7 Å². The van der Waals surface area contributed by atoms with Gasteiger partial charge in [0.15, 0.2) is 0 Å². The lowest BCUT2D eigenvalue weighted by Crippen LogP contribution is -2.55. The van der Waals surface area contributed by atoms with E-state index in [2.05, 4.69) is 10.6 Å². The first-order chi connectivity index (χ1) is 17.2. The molecule has 0 aliphatic rings. The number of nitrogens with two attached hydrogens (primary N) is 1. The van der Waals surface area contributed by atoms with Crippen LogP contribution in [-0.4, -0.2) is 37.1 Å². The number of methoxy groups -OCH3 is 1. The Hall–Kier alpha value is -4.34. The van der Waals surface area contributed by atoms with Gasteiger partial charge < -0.3 is 30.3 Å². The Balaban J connectivity index is 1.73. The Morgan fingerprint density at radius 3 is 2.39 bits per heavy atom. The van der Waals surface area contributed by atoms with Crippen LogP contribution in [0.25, 0.3) is 11.0 Å². The molecule has 3 aromatic rings. The van der Waals surface area contributed by atoms with E-state index in [-0.39, 0.29) is 24.5 Å².